The van der Waals surface area contributed by atoms with E-state index in [0.717, 1.165) is 11.3 Å². The van der Waals surface area contributed by atoms with Crippen LogP contribution >= 0.6 is 11.3 Å². The van der Waals surface area contributed by atoms with Crippen LogP contribution in [0.3, 0.4) is 0 Å². The van der Waals surface area contributed by atoms with E-state index in [-0.39, 0.29) is 24.7 Å². The molecule has 2 amide bonds. The molecule has 0 bridgehead atoms. The van der Waals surface area contributed by atoms with E-state index in [2.05, 4.69) is 10.3 Å². The van der Waals surface area contributed by atoms with Crippen LogP contribution in [-0.2, 0) is 22.4 Å². The lowest BCUT2D eigenvalue weighted by Crippen LogP contribution is -2.15. The highest BCUT2D eigenvalue weighted by Gasteiger charge is 2.06. The minimum atomic E-state index is -0.375. The third-order valence-electron chi connectivity index (χ3n) is 2.44. The molecule has 2 rings (SSSR count). The molecule has 5 nitrogen and oxygen atoms in total. The maximum absolute atomic E-state index is 11.7. The monoisotopic (exact) mass is 275 g/mol. The van der Waals surface area contributed by atoms with Crippen LogP contribution in [0.1, 0.15) is 11.3 Å². The molecule has 0 aliphatic heterocycles. The summed E-state index contributed by atoms with van der Waals surface area (Å²) in [5.41, 5.74) is 9.07. The second-order valence-electron chi connectivity index (χ2n) is 4.04. The highest BCUT2D eigenvalue weighted by molar-refractivity contribution is 7.07. The Hall–Kier alpha value is -2.21. The van der Waals surface area contributed by atoms with Crippen molar-refractivity contribution in [1.82, 2.24) is 4.98 Å². The van der Waals surface area contributed by atoms with Crippen molar-refractivity contribution in [2.24, 2.45) is 5.73 Å². The number of nitrogens with two attached hydrogens (primary N) is 1. The first-order chi connectivity index (χ1) is 9.13. The van der Waals surface area contributed by atoms with Crippen molar-refractivity contribution in [2.45, 2.75) is 12.8 Å². The van der Waals surface area contributed by atoms with Gasteiger partial charge in [-0.2, -0.15) is 0 Å². The van der Waals surface area contributed by atoms with E-state index in [4.69, 9.17) is 5.73 Å². The van der Waals surface area contributed by atoms with Crippen LogP contribution in [0, 0.1) is 0 Å². The maximum Gasteiger partial charge on any atom is 0.230 e. The smallest absolute Gasteiger partial charge is 0.230 e. The fourth-order valence-electron chi connectivity index (χ4n) is 1.60. The second-order valence-corrected chi connectivity index (χ2v) is 4.76. The van der Waals surface area contributed by atoms with Gasteiger partial charge < -0.3 is 11.1 Å². The van der Waals surface area contributed by atoms with E-state index in [1.165, 1.54) is 11.3 Å². The summed E-state index contributed by atoms with van der Waals surface area (Å²) in [5, 5.41) is 4.61. The number of amides is 2. The minimum Gasteiger partial charge on any atom is -0.369 e. The summed E-state index contributed by atoms with van der Waals surface area (Å²) in [4.78, 5) is 26.5. The lowest BCUT2D eigenvalue weighted by Gasteiger charge is -2.05. The average molecular weight is 275 g/mol. The summed E-state index contributed by atoms with van der Waals surface area (Å²) in [5.74, 6) is -0.492. The van der Waals surface area contributed by atoms with Crippen LogP contribution in [0.4, 0.5) is 5.69 Å². The molecule has 0 fully saturated rings. The number of rotatable bonds is 5. The SMILES string of the molecule is NC(=O)Cc1ccc(NC(=O)Cc2cscn2)cc1. The zero-order chi connectivity index (χ0) is 13.7. The van der Waals surface area contributed by atoms with Crippen molar-refractivity contribution in [3.63, 3.8) is 0 Å². The van der Waals surface area contributed by atoms with Gasteiger partial charge in [-0.1, -0.05) is 12.1 Å². The maximum atomic E-state index is 11.7. The van der Waals surface area contributed by atoms with Crippen molar-refractivity contribution >= 4 is 28.8 Å². The zero-order valence-corrected chi connectivity index (χ0v) is 10.9. The fourth-order valence-corrected chi connectivity index (χ4v) is 2.16. The first-order valence-electron chi connectivity index (χ1n) is 5.67. The second kappa shape index (κ2) is 6.10. The van der Waals surface area contributed by atoms with Gasteiger partial charge in [0.2, 0.25) is 11.8 Å². The largest absolute Gasteiger partial charge is 0.369 e. The van der Waals surface area contributed by atoms with Crippen molar-refractivity contribution in [1.29, 1.82) is 0 Å². The minimum absolute atomic E-state index is 0.117. The molecular weight excluding hydrogens is 262 g/mol. The third-order valence-corrected chi connectivity index (χ3v) is 3.08. The van der Waals surface area contributed by atoms with Gasteiger partial charge in [-0.25, -0.2) is 4.98 Å². The van der Waals surface area contributed by atoms with Crippen LogP contribution in [0.5, 0.6) is 0 Å². The molecule has 0 unspecified atom stereocenters. The Kier molecular flexibility index (Phi) is 4.25. The van der Waals surface area contributed by atoms with Crippen LogP contribution in [0.25, 0.3) is 0 Å². The van der Waals surface area contributed by atoms with Gasteiger partial charge in [-0.15, -0.1) is 11.3 Å². The number of aromatic nitrogens is 1. The van der Waals surface area contributed by atoms with Gasteiger partial charge >= 0.3 is 0 Å². The first-order valence-corrected chi connectivity index (χ1v) is 6.62. The quantitative estimate of drug-likeness (QED) is 0.863. The molecular formula is C13H13N3O2S. The number of carbonyl (C=O) groups excluding carboxylic acids is 2. The number of thiazole rings is 1. The van der Waals surface area contributed by atoms with Crippen molar-refractivity contribution in [2.75, 3.05) is 5.32 Å². The Labute approximate surface area is 114 Å². The van der Waals surface area contributed by atoms with Gasteiger partial charge in [0.05, 0.1) is 24.0 Å². The number of hydrogen-bond donors (Lipinski definition) is 2. The predicted molar refractivity (Wildman–Crippen MR) is 73.8 cm³/mol. The summed E-state index contributed by atoms with van der Waals surface area (Å²) >= 11 is 1.46. The van der Waals surface area contributed by atoms with Crippen LogP contribution in [0.15, 0.2) is 35.2 Å². The van der Waals surface area contributed by atoms with Gasteiger partial charge in [0.1, 0.15) is 0 Å². The van der Waals surface area contributed by atoms with Crippen LogP contribution < -0.4 is 11.1 Å². The van der Waals surface area contributed by atoms with Gasteiger partial charge in [-0.3, -0.25) is 9.59 Å². The molecule has 1 aromatic carbocycles. The normalized spacial score (nSPS) is 10.1. The predicted octanol–water partition coefficient (Wildman–Crippen LogP) is 1.35. The molecule has 0 saturated carbocycles. The summed E-state index contributed by atoms with van der Waals surface area (Å²) in [6.07, 6.45) is 0.458. The van der Waals surface area contributed by atoms with E-state index in [0.29, 0.717) is 5.69 Å². The fraction of sp³-hybridized carbons (Fsp3) is 0.154. The summed E-state index contributed by atoms with van der Waals surface area (Å²) < 4.78 is 0. The zero-order valence-electron chi connectivity index (χ0n) is 10.1. The number of anilines is 1. The lowest BCUT2D eigenvalue weighted by atomic mass is 10.1. The van der Waals surface area contributed by atoms with Crippen molar-refractivity contribution in [3.05, 3.63) is 46.4 Å². The molecule has 0 radical (unpaired) electrons. The molecule has 0 saturated heterocycles. The molecule has 6 heteroatoms. The average Bonchev–Trinajstić information content (AvgIpc) is 2.83. The number of nitrogens with zero attached hydrogens (tertiary/aromatic N) is 1. The van der Waals surface area contributed by atoms with E-state index in [1.807, 2.05) is 5.38 Å². The number of carbonyl (C=O) groups is 2. The van der Waals surface area contributed by atoms with Crippen LogP contribution in [0.2, 0.25) is 0 Å². The Morgan fingerprint density at radius 1 is 1.21 bits per heavy atom. The highest BCUT2D eigenvalue weighted by atomic mass is 32.1. The van der Waals surface area contributed by atoms with Gasteiger partial charge in [-0.05, 0) is 17.7 Å². The van der Waals surface area contributed by atoms with Gasteiger partial charge in [0.15, 0.2) is 0 Å². The van der Waals surface area contributed by atoms with Crippen molar-refractivity contribution < 1.29 is 9.59 Å². The van der Waals surface area contributed by atoms with E-state index in [9.17, 15) is 9.59 Å². The van der Waals surface area contributed by atoms with E-state index < -0.39 is 0 Å². The Bertz CT molecular complexity index is 564. The highest BCUT2D eigenvalue weighted by Crippen LogP contribution is 2.11. The van der Waals surface area contributed by atoms with Gasteiger partial charge in [0.25, 0.3) is 0 Å². The number of primary amides is 1. The molecule has 0 aliphatic carbocycles. The summed E-state index contributed by atoms with van der Waals surface area (Å²) in [6.45, 7) is 0. The first kappa shape index (κ1) is 13.2. The Balaban J connectivity index is 1.92. The molecule has 2 aromatic rings. The third kappa shape index (κ3) is 4.18. The molecule has 0 aliphatic rings. The molecule has 1 heterocycles. The topological polar surface area (TPSA) is 85.1 Å². The molecule has 0 atom stereocenters. The molecule has 0 spiro atoms. The lowest BCUT2D eigenvalue weighted by molar-refractivity contribution is -0.117. The summed E-state index contributed by atoms with van der Waals surface area (Å²) in [6, 6.07) is 7.03. The van der Waals surface area contributed by atoms with E-state index in [1.54, 1.807) is 29.8 Å². The van der Waals surface area contributed by atoms with Crippen molar-refractivity contribution in [3.8, 4) is 0 Å². The number of hydrogen-bond acceptors (Lipinski definition) is 4. The van der Waals surface area contributed by atoms with Gasteiger partial charge in [0, 0.05) is 11.1 Å². The summed E-state index contributed by atoms with van der Waals surface area (Å²) in [7, 11) is 0. The number of nitrogens with one attached hydrogen (secondary N) is 1. The molecule has 19 heavy (non-hydrogen) atoms. The van der Waals surface area contributed by atoms with E-state index >= 15 is 0 Å². The standard InChI is InChI=1S/C13H13N3O2S/c14-12(17)5-9-1-3-10(4-2-9)16-13(18)6-11-7-19-8-15-11/h1-4,7-8H,5-6H2,(H2,14,17)(H,16,18). The number of benzene rings is 1. The molecule has 98 valence electrons. The Morgan fingerprint density at radius 2 is 1.95 bits per heavy atom. The van der Waals surface area contributed by atoms with Crippen LogP contribution in [-0.4, -0.2) is 16.8 Å². The Morgan fingerprint density at radius 3 is 2.53 bits per heavy atom. The molecule has 3 N–H and O–H groups in total. The molecule has 1 aromatic heterocycles.